The van der Waals surface area contributed by atoms with E-state index >= 15 is 0 Å². The number of rotatable bonds is 3. The van der Waals surface area contributed by atoms with Crippen LogP contribution in [0, 0.1) is 0 Å². The summed E-state index contributed by atoms with van der Waals surface area (Å²) in [7, 11) is 0. The summed E-state index contributed by atoms with van der Waals surface area (Å²) >= 11 is 15.4. The molecule has 1 aliphatic heterocycles. The highest BCUT2D eigenvalue weighted by Crippen LogP contribution is 2.44. The van der Waals surface area contributed by atoms with Gasteiger partial charge in [-0.2, -0.15) is 0 Å². The predicted octanol–water partition coefficient (Wildman–Crippen LogP) is 6.00. The molecule has 0 saturated carbocycles. The summed E-state index contributed by atoms with van der Waals surface area (Å²) in [5.41, 5.74) is 2.14. The molecule has 1 aliphatic rings. The predicted molar refractivity (Wildman–Crippen MR) is 131 cm³/mol. The molecule has 5 aromatic rings. The van der Waals surface area contributed by atoms with E-state index < -0.39 is 0 Å². The Bertz CT molecular complexity index is 1690. The zero-order valence-corrected chi connectivity index (χ0v) is 19.3. The number of aromatic hydroxyl groups is 1. The van der Waals surface area contributed by atoms with E-state index in [-0.39, 0.29) is 11.8 Å². The van der Waals surface area contributed by atoms with Gasteiger partial charge in [-0.25, -0.2) is 4.99 Å². The Morgan fingerprint density at radius 1 is 0.812 bits per heavy atom. The third-order valence-electron chi connectivity index (χ3n) is 5.35. The lowest BCUT2D eigenvalue weighted by Crippen LogP contribution is -2.22. The van der Waals surface area contributed by atoms with Crippen molar-refractivity contribution in [2.75, 3.05) is 0 Å². The molecule has 0 aliphatic carbocycles. The van der Waals surface area contributed by atoms with Crippen LogP contribution in [-0.4, -0.2) is 16.0 Å². The summed E-state index contributed by atoms with van der Waals surface area (Å²) in [5, 5.41) is 14.0. The molecule has 4 nitrogen and oxygen atoms in total. The van der Waals surface area contributed by atoms with Crippen LogP contribution in [0.5, 0.6) is 5.88 Å². The van der Waals surface area contributed by atoms with Crippen LogP contribution in [0.15, 0.2) is 65.7 Å². The van der Waals surface area contributed by atoms with E-state index in [1.165, 1.54) is 11.3 Å². The second kappa shape index (κ2) is 7.32. The molecule has 0 unspecified atom stereocenters. The largest absolute Gasteiger partial charge is 0.494 e. The van der Waals surface area contributed by atoms with Crippen molar-refractivity contribution >= 4 is 68.3 Å². The average Bonchev–Trinajstić information content (AvgIpc) is 3.51. The number of benzene rings is 2. The number of carbonyl (C=O) groups is 1. The molecule has 2 N–H and O–H groups in total. The first kappa shape index (κ1) is 19.8. The Hall–Kier alpha value is -2.90. The van der Waals surface area contributed by atoms with Crippen molar-refractivity contribution in [3.8, 4) is 26.1 Å². The second-order valence-electron chi connectivity index (χ2n) is 7.32. The summed E-state index contributed by atoms with van der Waals surface area (Å²) in [4.78, 5) is 23.6. The third kappa shape index (κ3) is 3.11. The molecule has 3 aromatic heterocycles. The molecule has 1 amide bonds. The molecule has 32 heavy (non-hydrogen) atoms. The van der Waals surface area contributed by atoms with E-state index in [1.54, 1.807) is 35.6 Å². The van der Waals surface area contributed by atoms with Gasteiger partial charge in [0.15, 0.2) is 5.88 Å². The lowest BCUT2D eigenvalue weighted by atomic mass is 10.1. The molecule has 2 aromatic carbocycles. The van der Waals surface area contributed by atoms with Crippen molar-refractivity contribution in [2.45, 2.75) is 0 Å². The van der Waals surface area contributed by atoms with Crippen LogP contribution in [0.1, 0.15) is 4.88 Å². The Morgan fingerprint density at radius 2 is 1.47 bits per heavy atom. The van der Waals surface area contributed by atoms with Crippen molar-refractivity contribution in [2.24, 2.45) is 4.99 Å². The SMILES string of the molecule is O=C1N=c2ccc(Cl)cc2=C1c1ccc(-c2ccc(-c3c(O)[nH]c4ccc(Cl)cc34)s2)s1. The maximum atomic E-state index is 12.6. The molecule has 6 rings (SSSR count). The third-order valence-corrected chi connectivity index (χ3v) is 8.22. The number of nitrogens with zero attached hydrogens (tertiary/aromatic N) is 1. The van der Waals surface area contributed by atoms with Crippen molar-refractivity contribution in [1.29, 1.82) is 0 Å². The molecule has 0 radical (unpaired) electrons. The van der Waals surface area contributed by atoms with Crippen LogP contribution in [0.4, 0.5) is 0 Å². The lowest BCUT2D eigenvalue weighted by molar-refractivity contribution is -0.112. The van der Waals surface area contributed by atoms with Crippen LogP contribution < -0.4 is 10.6 Å². The number of nitrogens with one attached hydrogen (secondary N) is 1. The quantitative estimate of drug-likeness (QED) is 0.323. The molecule has 4 heterocycles. The van der Waals surface area contributed by atoms with Gasteiger partial charge in [0.2, 0.25) is 0 Å². The molecule has 0 atom stereocenters. The highest BCUT2D eigenvalue weighted by molar-refractivity contribution is 7.24. The number of fused-ring (bicyclic) bond motifs is 2. The van der Waals surface area contributed by atoms with Crippen LogP contribution in [-0.2, 0) is 4.79 Å². The van der Waals surface area contributed by atoms with Gasteiger partial charge in [0.1, 0.15) is 0 Å². The zero-order valence-electron chi connectivity index (χ0n) is 16.1. The molecular weight excluding hydrogens is 483 g/mol. The van der Waals surface area contributed by atoms with Gasteiger partial charge in [-0.15, -0.1) is 22.7 Å². The fourth-order valence-electron chi connectivity index (χ4n) is 3.93. The van der Waals surface area contributed by atoms with Gasteiger partial charge in [0, 0.05) is 45.7 Å². The summed E-state index contributed by atoms with van der Waals surface area (Å²) in [6.07, 6.45) is 0. The van der Waals surface area contributed by atoms with Crippen molar-refractivity contribution in [3.05, 3.63) is 86.2 Å². The van der Waals surface area contributed by atoms with E-state index in [2.05, 4.69) is 9.98 Å². The fourth-order valence-corrected chi connectivity index (χ4v) is 6.49. The number of amides is 1. The van der Waals surface area contributed by atoms with Crippen LogP contribution in [0.25, 0.3) is 36.7 Å². The minimum absolute atomic E-state index is 0.116. The molecule has 0 bridgehead atoms. The molecule has 156 valence electrons. The number of hydrogen-bond acceptors (Lipinski definition) is 4. The van der Waals surface area contributed by atoms with Crippen molar-refractivity contribution < 1.29 is 9.90 Å². The van der Waals surface area contributed by atoms with Crippen molar-refractivity contribution in [1.82, 2.24) is 4.98 Å². The second-order valence-corrected chi connectivity index (χ2v) is 10.4. The van der Waals surface area contributed by atoms with Gasteiger partial charge < -0.3 is 10.1 Å². The summed E-state index contributed by atoms with van der Waals surface area (Å²) in [6.45, 7) is 0. The monoisotopic (exact) mass is 494 g/mol. The van der Waals surface area contributed by atoms with Crippen LogP contribution >= 0.6 is 45.9 Å². The lowest BCUT2D eigenvalue weighted by Gasteiger charge is -1.97. The smallest absolute Gasteiger partial charge is 0.279 e. The number of H-pyrrole nitrogens is 1. The highest BCUT2D eigenvalue weighted by atomic mass is 35.5. The maximum Gasteiger partial charge on any atom is 0.279 e. The number of halogens is 2. The van der Waals surface area contributed by atoms with Gasteiger partial charge >= 0.3 is 0 Å². The summed E-state index contributed by atoms with van der Waals surface area (Å²) < 4.78 is 0. The summed E-state index contributed by atoms with van der Waals surface area (Å²) in [5.74, 6) is -0.132. The Morgan fingerprint density at radius 3 is 2.28 bits per heavy atom. The number of hydrogen-bond donors (Lipinski definition) is 2. The number of aromatic nitrogens is 1. The Labute approximate surface area is 199 Å². The van der Waals surface area contributed by atoms with E-state index in [9.17, 15) is 9.90 Å². The minimum atomic E-state index is -0.247. The fraction of sp³-hybridized carbons (Fsp3) is 0. The molecule has 8 heteroatoms. The standard InChI is InChI=1S/C24H12Cl2N2O2S2/c25-11-1-3-15-13(9-11)21(23(29)27-15)19-7-5-17(31-19)18-6-8-20(32-18)22-14-10-12(26)2-4-16(14)28-24(22)30/h1-10,27,29H. The Balaban J connectivity index is 1.43. The normalized spacial score (nSPS) is 13.1. The number of thiophene rings is 2. The summed E-state index contributed by atoms with van der Waals surface area (Å²) in [6, 6.07) is 18.7. The molecular formula is C24H12Cl2N2O2S2. The molecule has 0 spiro atoms. The van der Waals surface area contributed by atoms with Crippen LogP contribution in [0.2, 0.25) is 10.0 Å². The Kier molecular flexibility index (Phi) is 4.52. The average molecular weight is 495 g/mol. The van der Waals surface area contributed by atoms with E-state index in [4.69, 9.17) is 23.2 Å². The molecule has 0 saturated heterocycles. The first-order chi connectivity index (χ1) is 15.5. The van der Waals surface area contributed by atoms with Crippen LogP contribution in [0.3, 0.4) is 0 Å². The molecule has 0 fully saturated rings. The van der Waals surface area contributed by atoms with Gasteiger partial charge in [-0.1, -0.05) is 23.2 Å². The topological polar surface area (TPSA) is 65.4 Å². The van der Waals surface area contributed by atoms with E-state index in [0.717, 1.165) is 41.2 Å². The number of carbonyl (C=O) groups excluding carboxylic acids is 1. The zero-order chi connectivity index (χ0) is 22.0. The van der Waals surface area contributed by atoms with Gasteiger partial charge in [0.25, 0.3) is 5.91 Å². The first-order valence-corrected chi connectivity index (χ1v) is 12.0. The number of aromatic amines is 1. The van der Waals surface area contributed by atoms with Crippen molar-refractivity contribution in [3.63, 3.8) is 0 Å². The van der Waals surface area contributed by atoms with E-state index in [0.29, 0.717) is 21.0 Å². The minimum Gasteiger partial charge on any atom is -0.494 e. The van der Waals surface area contributed by atoms with Gasteiger partial charge in [0.05, 0.1) is 16.5 Å². The van der Waals surface area contributed by atoms with Gasteiger partial charge in [-0.3, -0.25) is 4.79 Å². The first-order valence-electron chi connectivity index (χ1n) is 9.62. The van der Waals surface area contributed by atoms with Gasteiger partial charge in [-0.05, 0) is 60.7 Å². The maximum absolute atomic E-state index is 12.6. The highest BCUT2D eigenvalue weighted by Gasteiger charge is 2.21. The van der Waals surface area contributed by atoms with E-state index in [1.807, 2.05) is 36.4 Å².